The van der Waals surface area contributed by atoms with Crippen LogP contribution in [0.5, 0.6) is 5.75 Å². The molecule has 0 aliphatic carbocycles. The number of ether oxygens (including phenoxy) is 2. The number of carboxylic acid groups (broad SMARTS) is 1. The maximum atomic E-state index is 11.5. The number of carbonyl (C=O) groups excluding carboxylic acids is 1. The first-order valence-corrected chi connectivity index (χ1v) is 6.63. The number of hydrogen-bond donors (Lipinski definition) is 1. The molecule has 0 aromatic heterocycles. The van der Waals surface area contributed by atoms with Gasteiger partial charge in [0.15, 0.2) is 0 Å². The van der Waals surface area contributed by atoms with Gasteiger partial charge < -0.3 is 14.6 Å². The quantitative estimate of drug-likeness (QED) is 0.273. The summed E-state index contributed by atoms with van der Waals surface area (Å²) in [5.74, 6) is -0.820. The van der Waals surface area contributed by atoms with Crippen molar-refractivity contribution in [1.29, 1.82) is 0 Å². The van der Waals surface area contributed by atoms with Crippen molar-refractivity contribution in [3.05, 3.63) is 48.1 Å². The van der Waals surface area contributed by atoms with E-state index in [4.69, 9.17) is 14.6 Å². The molecule has 112 valence electrons. The highest BCUT2D eigenvalue weighted by Crippen LogP contribution is 2.20. The molecule has 1 rings (SSSR count). The van der Waals surface area contributed by atoms with Gasteiger partial charge in [0.1, 0.15) is 5.75 Å². The van der Waals surface area contributed by atoms with Crippen LogP contribution in [0, 0.1) is 0 Å². The summed E-state index contributed by atoms with van der Waals surface area (Å²) < 4.78 is 9.98. The lowest BCUT2D eigenvalue weighted by atomic mass is 10.2. The van der Waals surface area contributed by atoms with Crippen LogP contribution in [0.3, 0.4) is 0 Å². The monoisotopic (exact) mass is 290 g/mol. The van der Waals surface area contributed by atoms with Crippen molar-refractivity contribution < 1.29 is 24.2 Å². The van der Waals surface area contributed by atoms with E-state index in [9.17, 15) is 9.59 Å². The Morgan fingerprint density at radius 1 is 1.24 bits per heavy atom. The second-order valence-electron chi connectivity index (χ2n) is 4.08. The van der Waals surface area contributed by atoms with E-state index in [-0.39, 0.29) is 12.4 Å². The molecule has 0 bridgehead atoms. The van der Waals surface area contributed by atoms with Crippen LogP contribution in [0.25, 0.3) is 6.08 Å². The second-order valence-corrected chi connectivity index (χ2v) is 4.08. The van der Waals surface area contributed by atoms with Crippen molar-refractivity contribution in [2.45, 2.75) is 19.8 Å². The van der Waals surface area contributed by atoms with Crippen LogP contribution in [0.2, 0.25) is 0 Å². The van der Waals surface area contributed by atoms with Gasteiger partial charge >= 0.3 is 12.1 Å². The minimum atomic E-state index is -1.07. The van der Waals surface area contributed by atoms with Crippen molar-refractivity contribution in [3.63, 3.8) is 0 Å². The Labute approximate surface area is 123 Å². The highest BCUT2D eigenvalue weighted by Gasteiger charge is 2.08. The van der Waals surface area contributed by atoms with E-state index in [1.165, 1.54) is 6.08 Å². The molecule has 0 aliphatic heterocycles. The van der Waals surface area contributed by atoms with Gasteiger partial charge in [-0.05, 0) is 25.0 Å². The number of aliphatic carboxylic acids is 1. The summed E-state index contributed by atoms with van der Waals surface area (Å²) in [6.07, 6.45) is 7.00. The van der Waals surface area contributed by atoms with Crippen molar-refractivity contribution in [1.82, 2.24) is 0 Å². The number of para-hydroxylation sites is 1. The Bertz CT molecular complexity index is 531. The Balaban J connectivity index is 2.55. The molecule has 21 heavy (non-hydrogen) atoms. The smallest absolute Gasteiger partial charge is 0.478 e. The summed E-state index contributed by atoms with van der Waals surface area (Å²) in [5.41, 5.74) is 0.489. The third-order valence-corrected chi connectivity index (χ3v) is 2.42. The van der Waals surface area contributed by atoms with Gasteiger partial charge in [-0.1, -0.05) is 37.3 Å². The molecular formula is C16H18O5. The van der Waals surface area contributed by atoms with Gasteiger partial charge in [-0.15, -0.1) is 0 Å². The van der Waals surface area contributed by atoms with Gasteiger partial charge in [0.25, 0.3) is 0 Å². The van der Waals surface area contributed by atoms with E-state index < -0.39 is 12.1 Å². The summed E-state index contributed by atoms with van der Waals surface area (Å²) in [6, 6.07) is 6.62. The third kappa shape index (κ3) is 6.96. The Morgan fingerprint density at radius 2 is 2.00 bits per heavy atom. The zero-order chi connectivity index (χ0) is 15.5. The fraction of sp³-hybridized carbons (Fsp3) is 0.250. The van der Waals surface area contributed by atoms with Gasteiger partial charge in [-0.2, -0.15) is 0 Å². The van der Waals surface area contributed by atoms with Crippen LogP contribution in [-0.2, 0) is 9.53 Å². The van der Waals surface area contributed by atoms with Gasteiger partial charge in [0, 0.05) is 11.6 Å². The van der Waals surface area contributed by atoms with Crippen LogP contribution in [0.15, 0.2) is 42.5 Å². The van der Waals surface area contributed by atoms with Crippen LogP contribution < -0.4 is 4.74 Å². The van der Waals surface area contributed by atoms with E-state index >= 15 is 0 Å². The van der Waals surface area contributed by atoms with Crippen molar-refractivity contribution >= 4 is 18.2 Å². The van der Waals surface area contributed by atoms with E-state index in [1.54, 1.807) is 24.3 Å². The summed E-state index contributed by atoms with van der Waals surface area (Å²) in [4.78, 5) is 22.0. The number of hydrogen-bond acceptors (Lipinski definition) is 4. The lowest BCUT2D eigenvalue weighted by Gasteiger charge is -2.07. The van der Waals surface area contributed by atoms with Crippen molar-refractivity contribution in [2.24, 2.45) is 0 Å². The van der Waals surface area contributed by atoms with Crippen LogP contribution in [-0.4, -0.2) is 23.8 Å². The normalized spacial score (nSPS) is 10.9. The molecule has 0 radical (unpaired) electrons. The number of allylic oxidation sites excluding steroid dienone is 1. The lowest BCUT2D eigenvalue weighted by Crippen LogP contribution is -2.11. The van der Waals surface area contributed by atoms with Crippen molar-refractivity contribution in [3.8, 4) is 5.75 Å². The average Bonchev–Trinajstić information content (AvgIpc) is 2.46. The molecule has 0 saturated carbocycles. The highest BCUT2D eigenvalue weighted by atomic mass is 16.7. The first-order chi connectivity index (χ1) is 10.1. The molecule has 0 unspecified atom stereocenters. The molecular weight excluding hydrogens is 272 g/mol. The zero-order valence-corrected chi connectivity index (χ0v) is 11.8. The highest BCUT2D eigenvalue weighted by molar-refractivity contribution is 5.86. The number of rotatable bonds is 7. The maximum Gasteiger partial charge on any atom is 0.513 e. The number of benzene rings is 1. The summed E-state index contributed by atoms with van der Waals surface area (Å²) in [6.45, 7) is 2.26. The lowest BCUT2D eigenvalue weighted by molar-refractivity contribution is -0.131. The topological polar surface area (TPSA) is 72.8 Å². The molecule has 0 amide bonds. The molecule has 0 atom stereocenters. The Hall–Kier alpha value is -2.56. The molecule has 5 heteroatoms. The van der Waals surface area contributed by atoms with E-state index in [1.807, 2.05) is 19.1 Å². The first-order valence-electron chi connectivity index (χ1n) is 6.63. The van der Waals surface area contributed by atoms with E-state index in [0.29, 0.717) is 12.0 Å². The molecule has 1 N–H and O–H groups in total. The SMILES string of the molecule is CCC=CCCOC(=O)Oc1ccccc1C=CC(=O)O. The van der Waals surface area contributed by atoms with Crippen molar-refractivity contribution in [2.75, 3.05) is 6.61 Å². The van der Waals surface area contributed by atoms with E-state index in [2.05, 4.69) is 0 Å². The first kappa shape index (κ1) is 16.5. The predicted octanol–water partition coefficient (Wildman–Crippen LogP) is 3.66. The third-order valence-electron chi connectivity index (χ3n) is 2.42. The molecule has 1 aromatic rings. The van der Waals surface area contributed by atoms with Gasteiger partial charge in [-0.25, -0.2) is 9.59 Å². The molecule has 0 saturated heterocycles. The van der Waals surface area contributed by atoms with Crippen LogP contribution in [0.1, 0.15) is 25.3 Å². The van der Waals surface area contributed by atoms with E-state index in [0.717, 1.165) is 12.5 Å². The number of carboxylic acids is 1. The number of carbonyl (C=O) groups is 2. The van der Waals surface area contributed by atoms with Crippen LogP contribution in [0.4, 0.5) is 4.79 Å². The van der Waals surface area contributed by atoms with Crippen LogP contribution >= 0.6 is 0 Å². The predicted molar refractivity (Wildman–Crippen MR) is 79.1 cm³/mol. The standard InChI is InChI=1S/C16H18O5/c1-2-3-4-7-12-20-16(19)21-14-9-6-5-8-13(14)10-11-15(17)18/h3-6,8-11H,2,7,12H2,1H3,(H,17,18). The largest absolute Gasteiger partial charge is 0.513 e. The summed E-state index contributed by atoms with van der Waals surface area (Å²) >= 11 is 0. The second kappa shape index (κ2) is 9.36. The molecule has 0 aliphatic rings. The minimum absolute atomic E-state index is 0.239. The fourth-order valence-corrected chi connectivity index (χ4v) is 1.49. The Kier molecular flexibility index (Phi) is 7.35. The van der Waals surface area contributed by atoms with Gasteiger partial charge in [-0.3, -0.25) is 0 Å². The van der Waals surface area contributed by atoms with Gasteiger partial charge in [0.2, 0.25) is 0 Å². The molecule has 5 nitrogen and oxygen atoms in total. The summed E-state index contributed by atoms with van der Waals surface area (Å²) in [7, 11) is 0. The summed E-state index contributed by atoms with van der Waals surface area (Å²) in [5, 5.41) is 8.61. The average molecular weight is 290 g/mol. The Morgan fingerprint density at radius 3 is 2.71 bits per heavy atom. The molecule has 0 spiro atoms. The fourth-order valence-electron chi connectivity index (χ4n) is 1.49. The molecule has 0 fully saturated rings. The molecule has 0 heterocycles. The minimum Gasteiger partial charge on any atom is -0.478 e. The zero-order valence-electron chi connectivity index (χ0n) is 11.8. The molecule has 1 aromatic carbocycles. The maximum absolute atomic E-state index is 11.5. The van der Waals surface area contributed by atoms with Gasteiger partial charge in [0.05, 0.1) is 6.61 Å².